The zero-order chi connectivity index (χ0) is 16.9. The molecule has 1 aliphatic rings. The molecule has 0 radical (unpaired) electrons. The lowest BCUT2D eigenvalue weighted by molar-refractivity contribution is 0.0901. The molecule has 1 aromatic carbocycles. The Morgan fingerprint density at radius 2 is 2.21 bits per heavy atom. The fourth-order valence-corrected chi connectivity index (χ4v) is 4.18. The lowest BCUT2D eigenvalue weighted by Gasteiger charge is -2.24. The van der Waals surface area contributed by atoms with Gasteiger partial charge < -0.3 is 14.8 Å². The van der Waals surface area contributed by atoms with Gasteiger partial charge in [-0.1, -0.05) is 11.6 Å². The van der Waals surface area contributed by atoms with Crippen molar-refractivity contribution in [2.75, 3.05) is 26.8 Å². The Hall–Kier alpha value is -0.570. The first-order chi connectivity index (χ1) is 10.9. The molecule has 0 amide bonds. The van der Waals surface area contributed by atoms with Gasteiger partial charge in [0, 0.05) is 24.7 Å². The summed E-state index contributed by atoms with van der Waals surface area (Å²) in [6.45, 7) is 3.71. The maximum atomic E-state index is 12.7. The van der Waals surface area contributed by atoms with Gasteiger partial charge in [-0.2, -0.15) is 0 Å². The molecular formula is C15H24Cl2N2O4S. The highest BCUT2D eigenvalue weighted by atomic mass is 35.5. The van der Waals surface area contributed by atoms with E-state index < -0.39 is 10.0 Å². The van der Waals surface area contributed by atoms with Gasteiger partial charge in [0.05, 0.1) is 6.61 Å². The zero-order valence-corrected chi connectivity index (χ0v) is 16.1. The van der Waals surface area contributed by atoms with Crippen LogP contribution < -0.4 is 14.8 Å². The lowest BCUT2D eigenvalue weighted by Crippen LogP contribution is -2.45. The van der Waals surface area contributed by atoms with Gasteiger partial charge in [0.2, 0.25) is 10.0 Å². The predicted octanol–water partition coefficient (Wildman–Crippen LogP) is 2.21. The number of nitrogens with one attached hydrogen (secondary N) is 2. The first-order valence-electron chi connectivity index (χ1n) is 7.60. The van der Waals surface area contributed by atoms with Crippen LogP contribution >= 0.6 is 24.0 Å². The number of rotatable bonds is 7. The van der Waals surface area contributed by atoms with Crippen LogP contribution in [0.1, 0.15) is 19.8 Å². The number of hydrogen-bond acceptors (Lipinski definition) is 5. The summed E-state index contributed by atoms with van der Waals surface area (Å²) in [5, 5.41) is 3.53. The predicted molar refractivity (Wildman–Crippen MR) is 96.9 cm³/mol. The summed E-state index contributed by atoms with van der Waals surface area (Å²) in [7, 11) is -2.15. The van der Waals surface area contributed by atoms with Crippen LogP contribution in [-0.2, 0) is 14.8 Å². The molecule has 0 spiro atoms. The van der Waals surface area contributed by atoms with Crippen molar-refractivity contribution in [2.24, 2.45) is 0 Å². The molecule has 0 bridgehead atoms. The Kier molecular flexibility index (Phi) is 8.76. The monoisotopic (exact) mass is 398 g/mol. The van der Waals surface area contributed by atoms with Crippen LogP contribution in [0.2, 0.25) is 5.02 Å². The van der Waals surface area contributed by atoms with E-state index >= 15 is 0 Å². The van der Waals surface area contributed by atoms with Crippen molar-refractivity contribution < 1.29 is 17.9 Å². The molecule has 138 valence electrons. The number of sulfonamides is 1. The Labute approximate surface area is 154 Å². The molecule has 1 heterocycles. The summed E-state index contributed by atoms with van der Waals surface area (Å²) in [6.07, 6.45) is 1.48. The van der Waals surface area contributed by atoms with E-state index in [0.717, 1.165) is 19.4 Å². The van der Waals surface area contributed by atoms with E-state index in [1.54, 1.807) is 19.2 Å². The molecule has 1 saturated heterocycles. The van der Waals surface area contributed by atoms with Gasteiger partial charge >= 0.3 is 0 Å². The summed E-state index contributed by atoms with van der Waals surface area (Å²) < 4.78 is 38.9. The molecule has 24 heavy (non-hydrogen) atoms. The molecule has 0 aliphatic carbocycles. The molecule has 2 rings (SSSR count). The number of ether oxygens (including phenoxy) is 2. The second kappa shape index (κ2) is 9.79. The first kappa shape index (κ1) is 21.5. The molecule has 1 aliphatic heterocycles. The molecule has 9 heteroatoms. The van der Waals surface area contributed by atoms with E-state index in [2.05, 4.69) is 10.0 Å². The van der Waals surface area contributed by atoms with Crippen molar-refractivity contribution in [1.82, 2.24) is 10.0 Å². The highest BCUT2D eigenvalue weighted by Gasteiger charge is 2.25. The van der Waals surface area contributed by atoms with Gasteiger partial charge in [-0.25, -0.2) is 13.1 Å². The van der Waals surface area contributed by atoms with Gasteiger partial charge in [-0.15, -0.1) is 12.4 Å². The van der Waals surface area contributed by atoms with E-state index in [1.807, 2.05) is 6.92 Å². The van der Waals surface area contributed by atoms with Gasteiger partial charge in [-0.3, -0.25) is 0 Å². The number of halogens is 2. The highest BCUT2D eigenvalue weighted by molar-refractivity contribution is 7.89. The van der Waals surface area contributed by atoms with Crippen molar-refractivity contribution in [2.45, 2.75) is 36.8 Å². The summed E-state index contributed by atoms with van der Waals surface area (Å²) in [5.74, 6) is 0.273. The Balaban J connectivity index is 0.00000288. The lowest BCUT2D eigenvalue weighted by atomic mass is 10.1. The molecule has 0 saturated carbocycles. The minimum Gasteiger partial charge on any atom is -0.487 e. The fraction of sp³-hybridized carbons (Fsp3) is 0.600. The van der Waals surface area contributed by atoms with Gasteiger partial charge in [0.15, 0.2) is 0 Å². The molecule has 2 N–H and O–H groups in total. The quantitative estimate of drug-likeness (QED) is 0.735. The molecule has 1 fully saturated rings. The van der Waals surface area contributed by atoms with Crippen molar-refractivity contribution in [3.8, 4) is 5.75 Å². The van der Waals surface area contributed by atoms with Gasteiger partial charge in [0.25, 0.3) is 0 Å². The normalized spacial score (nSPS) is 19.4. The minimum absolute atomic E-state index is 0. The summed E-state index contributed by atoms with van der Waals surface area (Å²) in [5.41, 5.74) is 0. The third kappa shape index (κ3) is 6.06. The number of hydrogen-bond donors (Lipinski definition) is 2. The van der Waals surface area contributed by atoms with Crippen molar-refractivity contribution in [1.29, 1.82) is 0 Å². The second-order valence-electron chi connectivity index (χ2n) is 5.64. The average Bonchev–Trinajstić information content (AvgIpc) is 2.50. The Morgan fingerprint density at radius 1 is 1.46 bits per heavy atom. The number of methoxy groups -OCH3 is 1. The van der Waals surface area contributed by atoms with Gasteiger partial charge in [0.1, 0.15) is 16.7 Å². The molecule has 1 aromatic rings. The maximum Gasteiger partial charge on any atom is 0.244 e. The van der Waals surface area contributed by atoms with Crippen molar-refractivity contribution in [3.63, 3.8) is 0 Å². The van der Waals surface area contributed by atoms with Crippen LogP contribution in [0.5, 0.6) is 5.75 Å². The topological polar surface area (TPSA) is 76.7 Å². The maximum absolute atomic E-state index is 12.7. The molecule has 2 unspecified atom stereocenters. The number of piperidine rings is 1. The largest absolute Gasteiger partial charge is 0.487 e. The average molecular weight is 399 g/mol. The van der Waals surface area contributed by atoms with Crippen LogP contribution in [0.15, 0.2) is 23.1 Å². The molecular weight excluding hydrogens is 375 g/mol. The summed E-state index contributed by atoms with van der Waals surface area (Å²) in [6, 6.07) is 4.46. The Bertz CT molecular complexity index is 622. The third-order valence-electron chi connectivity index (χ3n) is 3.54. The zero-order valence-electron chi connectivity index (χ0n) is 13.7. The van der Waals surface area contributed by atoms with Crippen LogP contribution in [0.3, 0.4) is 0 Å². The highest BCUT2D eigenvalue weighted by Crippen LogP contribution is 2.28. The Morgan fingerprint density at radius 3 is 2.83 bits per heavy atom. The first-order valence-corrected chi connectivity index (χ1v) is 9.46. The molecule has 0 aromatic heterocycles. The van der Waals surface area contributed by atoms with E-state index in [1.165, 1.54) is 6.07 Å². The van der Waals surface area contributed by atoms with E-state index in [9.17, 15) is 8.42 Å². The van der Waals surface area contributed by atoms with E-state index in [4.69, 9.17) is 21.1 Å². The second-order valence-corrected chi connectivity index (χ2v) is 7.76. The third-order valence-corrected chi connectivity index (χ3v) is 5.32. The standard InChI is InChI=1S/C15H23ClN2O4S.ClH/c1-11(10-21-2)22-14-6-5-12(16)8-15(14)23(19,20)18-13-4-3-7-17-9-13;/h5-6,8,11,13,17-18H,3-4,7,9-10H2,1-2H3;1H. The van der Waals surface area contributed by atoms with Crippen LogP contribution in [0, 0.1) is 0 Å². The van der Waals surface area contributed by atoms with E-state index in [-0.39, 0.29) is 35.2 Å². The van der Waals surface area contributed by atoms with Crippen LogP contribution in [-0.4, -0.2) is 47.4 Å². The van der Waals surface area contributed by atoms with Crippen LogP contribution in [0.25, 0.3) is 0 Å². The summed E-state index contributed by atoms with van der Waals surface area (Å²) in [4.78, 5) is 0.0542. The van der Waals surface area contributed by atoms with Crippen molar-refractivity contribution in [3.05, 3.63) is 23.2 Å². The molecule has 2 atom stereocenters. The molecule has 6 nitrogen and oxygen atoms in total. The summed E-state index contributed by atoms with van der Waals surface area (Å²) >= 11 is 5.98. The van der Waals surface area contributed by atoms with E-state index in [0.29, 0.717) is 18.2 Å². The smallest absolute Gasteiger partial charge is 0.244 e. The SMILES string of the molecule is COCC(C)Oc1ccc(Cl)cc1S(=O)(=O)NC1CCCNC1.Cl. The van der Waals surface area contributed by atoms with Gasteiger partial charge in [-0.05, 0) is 44.5 Å². The van der Waals surface area contributed by atoms with Crippen LogP contribution in [0.4, 0.5) is 0 Å². The minimum atomic E-state index is -3.71. The number of benzene rings is 1. The van der Waals surface area contributed by atoms with Crippen molar-refractivity contribution >= 4 is 34.0 Å². The fourth-order valence-electron chi connectivity index (χ4n) is 2.51.